The first kappa shape index (κ1) is 13.1. The molecule has 0 unspecified atom stereocenters. The van der Waals surface area contributed by atoms with E-state index >= 15 is 0 Å². The third-order valence-corrected chi connectivity index (χ3v) is 3.94. The molecule has 6 heteroatoms. The molecule has 3 rings (SSSR count). The number of piperidine rings is 1. The van der Waals surface area contributed by atoms with Crippen molar-refractivity contribution >= 4 is 11.6 Å². The van der Waals surface area contributed by atoms with Gasteiger partial charge in [0.2, 0.25) is 11.6 Å². The standard InChI is InChI=1S/C14H21N5O/c1-10-8-15-12(20-4)11-16-17-13(19(10)11)18-7-5-6-14(2,3)9-18/h8H,5-7,9H2,1-4H3. The van der Waals surface area contributed by atoms with Crippen LogP contribution in [0.1, 0.15) is 32.4 Å². The van der Waals surface area contributed by atoms with Crippen LogP contribution in [0.4, 0.5) is 5.95 Å². The molecule has 0 radical (unpaired) electrons. The summed E-state index contributed by atoms with van der Waals surface area (Å²) in [6, 6.07) is 0. The Morgan fingerprint density at radius 1 is 1.30 bits per heavy atom. The summed E-state index contributed by atoms with van der Waals surface area (Å²) in [6.45, 7) is 8.64. The van der Waals surface area contributed by atoms with Crippen molar-refractivity contribution in [1.82, 2.24) is 19.6 Å². The average molecular weight is 275 g/mol. The van der Waals surface area contributed by atoms with Crippen molar-refractivity contribution in [2.45, 2.75) is 33.6 Å². The van der Waals surface area contributed by atoms with E-state index in [1.54, 1.807) is 13.3 Å². The van der Waals surface area contributed by atoms with Crippen molar-refractivity contribution in [3.8, 4) is 5.88 Å². The molecule has 0 atom stereocenters. The van der Waals surface area contributed by atoms with Gasteiger partial charge in [0.05, 0.1) is 13.3 Å². The van der Waals surface area contributed by atoms with Crippen LogP contribution in [-0.2, 0) is 0 Å². The lowest BCUT2D eigenvalue weighted by molar-refractivity contribution is 0.290. The highest BCUT2D eigenvalue weighted by Gasteiger charge is 2.29. The highest BCUT2D eigenvalue weighted by molar-refractivity contribution is 5.55. The van der Waals surface area contributed by atoms with Crippen LogP contribution in [0.2, 0.25) is 0 Å². The van der Waals surface area contributed by atoms with Crippen molar-refractivity contribution in [2.75, 3.05) is 25.1 Å². The monoisotopic (exact) mass is 275 g/mol. The Kier molecular flexibility index (Phi) is 3.03. The molecule has 6 nitrogen and oxygen atoms in total. The van der Waals surface area contributed by atoms with Gasteiger partial charge < -0.3 is 9.64 Å². The minimum absolute atomic E-state index is 0.315. The largest absolute Gasteiger partial charge is 0.478 e. The predicted molar refractivity (Wildman–Crippen MR) is 77.3 cm³/mol. The van der Waals surface area contributed by atoms with Gasteiger partial charge in [-0.1, -0.05) is 13.8 Å². The number of aromatic nitrogens is 4. The van der Waals surface area contributed by atoms with Crippen LogP contribution in [0.25, 0.3) is 5.65 Å². The summed E-state index contributed by atoms with van der Waals surface area (Å²) in [5.74, 6) is 1.41. The molecule has 1 saturated heterocycles. The van der Waals surface area contributed by atoms with Gasteiger partial charge in [-0.25, -0.2) is 4.98 Å². The molecule has 1 aliphatic heterocycles. The Labute approximate surface area is 118 Å². The Hall–Kier alpha value is -1.85. The summed E-state index contributed by atoms with van der Waals surface area (Å²) in [4.78, 5) is 6.56. The first-order valence-electron chi connectivity index (χ1n) is 7.01. The zero-order valence-corrected chi connectivity index (χ0v) is 12.6. The number of hydrogen-bond donors (Lipinski definition) is 0. The fraction of sp³-hybridized carbons (Fsp3) is 0.643. The Morgan fingerprint density at radius 2 is 2.10 bits per heavy atom. The first-order valence-corrected chi connectivity index (χ1v) is 7.01. The maximum Gasteiger partial charge on any atom is 0.260 e. The van der Waals surface area contributed by atoms with E-state index in [0.29, 0.717) is 16.9 Å². The first-order chi connectivity index (χ1) is 9.52. The van der Waals surface area contributed by atoms with Gasteiger partial charge in [-0.3, -0.25) is 4.40 Å². The van der Waals surface area contributed by atoms with E-state index in [4.69, 9.17) is 4.74 Å². The minimum atomic E-state index is 0.315. The number of aryl methyl sites for hydroxylation is 1. The summed E-state index contributed by atoms with van der Waals surface area (Å²) in [7, 11) is 1.61. The number of rotatable bonds is 2. The molecule has 108 valence electrons. The van der Waals surface area contributed by atoms with Gasteiger partial charge in [0.25, 0.3) is 5.88 Å². The molecule has 0 bridgehead atoms. The fourth-order valence-corrected chi connectivity index (χ4v) is 2.95. The second-order valence-corrected chi connectivity index (χ2v) is 6.26. The number of nitrogens with zero attached hydrogens (tertiary/aromatic N) is 5. The lowest BCUT2D eigenvalue weighted by Crippen LogP contribution is -2.41. The Bertz CT molecular complexity index is 634. The van der Waals surface area contributed by atoms with Gasteiger partial charge in [0, 0.05) is 18.8 Å². The normalized spacial score (nSPS) is 18.5. The van der Waals surface area contributed by atoms with E-state index in [1.165, 1.54) is 12.8 Å². The van der Waals surface area contributed by atoms with Crippen molar-refractivity contribution in [2.24, 2.45) is 5.41 Å². The van der Waals surface area contributed by atoms with Gasteiger partial charge in [0.15, 0.2) is 0 Å². The second-order valence-electron chi connectivity index (χ2n) is 6.26. The van der Waals surface area contributed by atoms with Crippen LogP contribution < -0.4 is 9.64 Å². The summed E-state index contributed by atoms with van der Waals surface area (Å²) in [5.41, 5.74) is 2.02. The molecule has 2 aromatic heterocycles. The van der Waals surface area contributed by atoms with Gasteiger partial charge in [-0.05, 0) is 25.2 Å². The minimum Gasteiger partial charge on any atom is -0.478 e. The molecule has 0 amide bonds. The van der Waals surface area contributed by atoms with E-state index in [9.17, 15) is 0 Å². The number of ether oxygens (including phenoxy) is 1. The summed E-state index contributed by atoms with van der Waals surface area (Å²) in [5, 5.41) is 8.63. The summed E-state index contributed by atoms with van der Waals surface area (Å²) < 4.78 is 7.31. The van der Waals surface area contributed by atoms with Crippen LogP contribution in [0.5, 0.6) is 5.88 Å². The van der Waals surface area contributed by atoms with Crippen LogP contribution in [0.15, 0.2) is 6.20 Å². The van der Waals surface area contributed by atoms with Crippen molar-refractivity contribution < 1.29 is 4.74 Å². The second kappa shape index (κ2) is 4.61. The molecule has 3 heterocycles. The highest BCUT2D eigenvalue weighted by atomic mass is 16.5. The van der Waals surface area contributed by atoms with E-state index < -0.39 is 0 Å². The van der Waals surface area contributed by atoms with Crippen molar-refractivity contribution in [1.29, 1.82) is 0 Å². The average Bonchev–Trinajstić information content (AvgIpc) is 2.84. The molecule has 0 aromatic carbocycles. The van der Waals surface area contributed by atoms with Crippen LogP contribution in [0, 0.1) is 12.3 Å². The molecule has 0 aliphatic carbocycles. The molecule has 0 saturated carbocycles. The van der Waals surface area contributed by atoms with E-state index in [0.717, 1.165) is 24.7 Å². The summed E-state index contributed by atoms with van der Waals surface area (Å²) in [6.07, 6.45) is 4.24. The molecule has 1 aliphatic rings. The molecular weight excluding hydrogens is 254 g/mol. The zero-order chi connectivity index (χ0) is 14.3. The number of anilines is 1. The SMILES string of the molecule is COc1ncc(C)n2c(N3CCCC(C)(C)C3)nnc12. The van der Waals surface area contributed by atoms with Crippen LogP contribution in [-0.4, -0.2) is 39.8 Å². The van der Waals surface area contributed by atoms with Crippen molar-refractivity contribution in [3.05, 3.63) is 11.9 Å². The molecule has 20 heavy (non-hydrogen) atoms. The summed E-state index contributed by atoms with van der Waals surface area (Å²) >= 11 is 0. The van der Waals surface area contributed by atoms with Gasteiger partial charge in [-0.2, -0.15) is 0 Å². The predicted octanol–water partition coefficient (Wildman–Crippen LogP) is 2.07. The number of hydrogen-bond acceptors (Lipinski definition) is 5. The third-order valence-electron chi connectivity index (χ3n) is 3.94. The lowest BCUT2D eigenvalue weighted by Gasteiger charge is -2.38. The smallest absolute Gasteiger partial charge is 0.260 e. The third kappa shape index (κ3) is 2.09. The lowest BCUT2D eigenvalue weighted by atomic mass is 9.84. The van der Waals surface area contributed by atoms with E-state index in [-0.39, 0.29) is 0 Å². The van der Waals surface area contributed by atoms with E-state index in [2.05, 4.69) is 33.9 Å². The van der Waals surface area contributed by atoms with Crippen LogP contribution in [0.3, 0.4) is 0 Å². The topological polar surface area (TPSA) is 55.6 Å². The number of methoxy groups -OCH3 is 1. The maximum atomic E-state index is 5.27. The van der Waals surface area contributed by atoms with Crippen LogP contribution >= 0.6 is 0 Å². The molecule has 2 aromatic rings. The van der Waals surface area contributed by atoms with Gasteiger partial charge in [0.1, 0.15) is 0 Å². The van der Waals surface area contributed by atoms with Gasteiger partial charge in [-0.15, -0.1) is 10.2 Å². The Morgan fingerprint density at radius 3 is 2.80 bits per heavy atom. The zero-order valence-electron chi connectivity index (χ0n) is 12.6. The Balaban J connectivity index is 2.08. The fourth-order valence-electron chi connectivity index (χ4n) is 2.95. The maximum absolute atomic E-state index is 5.27. The molecule has 0 spiro atoms. The van der Waals surface area contributed by atoms with Gasteiger partial charge >= 0.3 is 0 Å². The highest BCUT2D eigenvalue weighted by Crippen LogP contribution is 2.32. The quantitative estimate of drug-likeness (QED) is 0.839. The molecular formula is C14H21N5O. The molecule has 0 N–H and O–H groups in total. The number of fused-ring (bicyclic) bond motifs is 1. The van der Waals surface area contributed by atoms with Crippen molar-refractivity contribution in [3.63, 3.8) is 0 Å². The molecule has 1 fully saturated rings. The van der Waals surface area contributed by atoms with E-state index in [1.807, 2.05) is 11.3 Å².